The van der Waals surface area contributed by atoms with Crippen LogP contribution in [0.15, 0.2) is 52.2 Å². The molecule has 9 heteroatoms. The molecule has 4 rings (SSSR count). The summed E-state index contributed by atoms with van der Waals surface area (Å²) in [6.45, 7) is 4.73. The Morgan fingerprint density at radius 1 is 1.03 bits per heavy atom. The first-order valence-corrected chi connectivity index (χ1v) is 11.8. The van der Waals surface area contributed by atoms with E-state index in [9.17, 15) is 18.0 Å². The van der Waals surface area contributed by atoms with Crippen molar-refractivity contribution < 1.29 is 13.2 Å². The second-order valence-electron chi connectivity index (χ2n) is 8.23. The summed E-state index contributed by atoms with van der Waals surface area (Å²) < 4.78 is 27.4. The number of anilines is 1. The van der Waals surface area contributed by atoms with E-state index in [1.807, 2.05) is 12.1 Å². The van der Waals surface area contributed by atoms with E-state index in [4.69, 9.17) is 0 Å². The minimum absolute atomic E-state index is 0.143. The van der Waals surface area contributed by atoms with Crippen LogP contribution in [0.3, 0.4) is 0 Å². The maximum Gasteiger partial charge on any atom is 0.323 e. The van der Waals surface area contributed by atoms with Crippen molar-refractivity contribution in [1.29, 1.82) is 0 Å². The summed E-state index contributed by atoms with van der Waals surface area (Å²) in [6.07, 6.45) is 0.913. The van der Waals surface area contributed by atoms with Gasteiger partial charge in [0.15, 0.2) is 0 Å². The van der Waals surface area contributed by atoms with Gasteiger partial charge in [-0.3, -0.25) is 4.79 Å². The lowest BCUT2D eigenvalue weighted by Gasteiger charge is -2.30. The molecule has 3 aromatic rings. The highest BCUT2D eigenvalue weighted by Gasteiger charge is 2.32. The molecule has 0 unspecified atom stereocenters. The van der Waals surface area contributed by atoms with E-state index in [2.05, 4.69) is 29.1 Å². The number of rotatable bonds is 5. The lowest BCUT2D eigenvalue weighted by molar-refractivity contribution is -0.120. The van der Waals surface area contributed by atoms with Gasteiger partial charge in [0.1, 0.15) is 0 Å². The number of H-pyrrole nitrogens is 2. The first kappa shape index (κ1) is 21.3. The molecule has 0 radical (unpaired) electrons. The molecule has 1 amide bonds. The molecule has 164 valence electrons. The number of amides is 1. The number of carbonyl (C=O) groups is 1. The van der Waals surface area contributed by atoms with Crippen LogP contribution >= 0.6 is 0 Å². The Bertz CT molecular complexity index is 1250. The van der Waals surface area contributed by atoms with Gasteiger partial charge >= 0.3 is 5.69 Å². The van der Waals surface area contributed by atoms with E-state index in [1.54, 1.807) is 30.3 Å². The van der Waals surface area contributed by atoms with Crippen molar-refractivity contribution in [2.45, 2.75) is 37.5 Å². The van der Waals surface area contributed by atoms with Crippen LogP contribution in [0.5, 0.6) is 0 Å². The summed E-state index contributed by atoms with van der Waals surface area (Å²) >= 11 is 0. The van der Waals surface area contributed by atoms with Crippen molar-refractivity contribution in [3.05, 3.63) is 58.5 Å². The maximum absolute atomic E-state index is 13.0. The van der Waals surface area contributed by atoms with Crippen LogP contribution in [-0.2, 0) is 14.8 Å². The maximum atomic E-state index is 13.0. The van der Waals surface area contributed by atoms with E-state index >= 15 is 0 Å². The normalized spacial score (nSPS) is 16.1. The lowest BCUT2D eigenvalue weighted by atomic mass is 9.97. The molecule has 1 aliphatic heterocycles. The summed E-state index contributed by atoms with van der Waals surface area (Å²) in [5, 5.41) is 2.87. The molecule has 1 saturated heterocycles. The van der Waals surface area contributed by atoms with Gasteiger partial charge in [-0.15, -0.1) is 0 Å². The van der Waals surface area contributed by atoms with Crippen LogP contribution in [0, 0.1) is 5.92 Å². The molecule has 0 atom stereocenters. The Morgan fingerprint density at radius 3 is 2.32 bits per heavy atom. The highest BCUT2D eigenvalue weighted by atomic mass is 32.2. The number of aromatic nitrogens is 2. The summed E-state index contributed by atoms with van der Waals surface area (Å²) in [7, 11) is -3.57. The second-order valence-corrected chi connectivity index (χ2v) is 10.2. The number of hydrogen-bond donors (Lipinski definition) is 3. The SMILES string of the molecule is CC(C)c1ccc(S(=O)(=O)N2CCC(C(=O)Nc3ccc4[nH]c(=O)[nH]c4c3)CC2)cc1. The van der Waals surface area contributed by atoms with Gasteiger partial charge in [0.05, 0.1) is 15.9 Å². The molecule has 1 fully saturated rings. The van der Waals surface area contributed by atoms with Crippen molar-refractivity contribution in [3.8, 4) is 0 Å². The zero-order valence-corrected chi connectivity index (χ0v) is 18.3. The molecular formula is C22H26N4O4S. The van der Waals surface area contributed by atoms with Gasteiger partial charge in [-0.1, -0.05) is 26.0 Å². The molecule has 2 heterocycles. The predicted octanol–water partition coefficient (Wildman–Crippen LogP) is 3.02. The van der Waals surface area contributed by atoms with Gasteiger partial charge in [0.2, 0.25) is 15.9 Å². The molecule has 8 nitrogen and oxygen atoms in total. The van der Waals surface area contributed by atoms with Gasteiger partial charge in [-0.2, -0.15) is 4.31 Å². The van der Waals surface area contributed by atoms with Crippen molar-refractivity contribution in [2.24, 2.45) is 5.92 Å². The Morgan fingerprint density at radius 2 is 1.68 bits per heavy atom. The summed E-state index contributed by atoms with van der Waals surface area (Å²) in [5.41, 5.74) is 2.67. The summed E-state index contributed by atoms with van der Waals surface area (Å²) in [4.78, 5) is 29.7. The summed E-state index contributed by atoms with van der Waals surface area (Å²) in [5.74, 6) is -0.0736. The standard InChI is InChI=1S/C22H26N4O4S/c1-14(2)15-3-6-18(7-4-15)31(29,30)26-11-9-16(10-12-26)21(27)23-17-5-8-19-20(13-17)25-22(28)24-19/h3-8,13-14,16H,9-12H2,1-2H3,(H,23,27)(H2,24,25,28). The van der Waals surface area contributed by atoms with Crippen LogP contribution in [-0.4, -0.2) is 41.7 Å². The summed E-state index contributed by atoms with van der Waals surface area (Å²) in [6, 6.07) is 12.2. The van der Waals surface area contributed by atoms with Gasteiger partial charge in [-0.05, 0) is 54.7 Å². The van der Waals surface area contributed by atoms with Crippen LogP contribution in [0.2, 0.25) is 0 Å². The topological polar surface area (TPSA) is 115 Å². The zero-order chi connectivity index (χ0) is 22.2. The fraction of sp³-hybridized carbons (Fsp3) is 0.364. The van der Waals surface area contributed by atoms with Crippen LogP contribution in [0.25, 0.3) is 11.0 Å². The van der Waals surface area contributed by atoms with Crippen molar-refractivity contribution in [3.63, 3.8) is 0 Å². The Hall–Kier alpha value is -2.91. The fourth-order valence-electron chi connectivity index (χ4n) is 3.89. The number of fused-ring (bicyclic) bond motifs is 1. The average molecular weight is 443 g/mol. The number of imidazole rings is 1. The van der Waals surface area contributed by atoms with Gasteiger partial charge in [0.25, 0.3) is 0 Å². The number of hydrogen-bond acceptors (Lipinski definition) is 4. The van der Waals surface area contributed by atoms with E-state index in [0.717, 1.165) is 5.56 Å². The minimum Gasteiger partial charge on any atom is -0.326 e. The molecule has 1 aliphatic rings. The molecular weight excluding hydrogens is 416 g/mol. The number of nitrogens with zero attached hydrogens (tertiary/aromatic N) is 1. The van der Waals surface area contributed by atoms with Crippen molar-refractivity contribution >= 4 is 32.7 Å². The number of piperidine rings is 1. The molecule has 0 spiro atoms. The van der Waals surface area contributed by atoms with Gasteiger partial charge in [-0.25, -0.2) is 13.2 Å². The average Bonchev–Trinajstić information content (AvgIpc) is 3.13. The minimum atomic E-state index is -3.57. The number of nitrogens with one attached hydrogen (secondary N) is 3. The third kappa shape index (κ3) is 4.42. The predicted molar refractivity (Wildman–Crippen MR) is 120 cm³/mol. The molecule has 2 aromatic carbocycles. The van der Waals surface area contributed by atoms with Crippen molar-refractivity contribution in [2.75, 3.05) is 18.4 Å². The zero-order valence-electron chi connectivity index (χ0n) is 17.5. The molecule has 31 heavy (non-hydrogen) atoms. The quantitative estimate of drug-likeness (QED) is 0.563. The Balaban J connectivity index is 1.38. The van der Waals surface area contributed by atoms with E-state index in [1.165, 1.54) is 4.31 Å². The smallest absolute Gasteiger partial charge is 0.323 e. The number of aromatic amines is 2. The molecule has 0 bridgehead atoms. The molecule has 3 N–H and O–H groups in total. The largest absolute Gasteiger partial charge is 0.326 e. The monoisotopic (exact) mass is 442 g/mol. The van der Waals surface area contributed by atoms with E-state index in [0.29, 0.717) is 48.6 Å². The first-order chi connectivity index (χ1) is 14.7. The molecule has 1 aromatic heterocycles. The first-order valence-electron chi connectivity index (χ1n) is 10.4. The lowest BCUT2D eigenvalue weighted by Crippen LogP contribution is -2.41. The highest BCUT2D eigenvalue weighted by molar-refractivity contribution is 7.89. The van der Waals surface area contributed by atoms with Crippen molar-refractivity contribution in [1.82, 2.24) is 14.3 Å². The van der Waals surface area contributed by atoms with Gasteiger partial charge < -0.3 is 15.3 Å². The fourth-order valence-corrected chi connectivity index (χ4v) is 5.36. The number of benzene rings is 2. The third-order valence-electron chi connectivity index (χ3n) is 5.79. The second kappa shape index (κ2) is 8.32. The third-order valence-corrected chi connectivity index (χ3v) is 7.71. The van der Waals surface area contributed by atoms with Crippen LogP contribution in [0.4, 0.5) is 5.69 Å². The van der Waals surface area contributed by atoms with E-state index in [-0.39, 0.29) is 22.4 Å². The van der Waals surface area contributed by atoms with Gasteiger partial charge in [0, 0.05) is 24.7 Å². The van der Waals surface area contributed by atoms with E-state index < -0.39 is 10.0 Å². The Labute approximate surface area is 180 Å². The Kier molecular flexibility index (Phi) is 5.72. The molecule has 0 saturated carbocycles. The highest BCUT2D eigenvalue weighted by Crippen LogP contribution is 2.26. The number of carbonyl (C=O) groups excluding carboxylic acids is 1. The number of sulfonamides is 1. The molecule has 0 aliphatic carbocycles. The van der Waals surface area contributed by atoms with Crippen LogP contribution in [0.1, 0.15) is 38.2 Å². The van der Waals surface area contributed by atoms with Crippen LogP contribution < -0.4 is 11.0 Å².